The molecule has 0 N–H and O–H groups in total. The maximum Gasteiger partial charge on any atom is 0.143 e. The second-order valence-corrected chi connectivity index (χ2v) is 12.9. The van der Waals surface area contributed by atoms with Crippen LogP contribution in [0.4, 0.5) is 17.1 Å². The van der Waals surface area contributed by atoms with Crippen molar-refractivity contribution in [2.45, 2.75) is 0 Å². The van der Waals surface area contributed by atoms with Gasteiger partial charge in [-0.2, -0.15) is 0 Å². The van der Waals surface area contributed by atoms with E-state index in [1.165, 1.54) is 43.8 Å². The molecule has 0 fully saturated rings. The molecule has 0 aliphatic rings. The molecule has 0 aliphatic carbocycles. The second kappa shape index (κ2) is 11.5. The van der Waals surface area contributed by atoms with Crippen LogP contribution < -0.4 is 4.90 Å². The van der Waals surface area contributed by atoms with Gasteiger partial charge >= 0.3 is 0 Å². The first-order valence-corrected chi connectivity index (χ1v) is 17.1. The monoisotopic (exact) mass is 637 g/mol. The maximum atomic E-state index is 6.81. The predicted octanol–water partition coefficient (Wildman–Crippen LogP) is 13.8. The van der Waals surface area contributed by atoms with Gasteiger partial charge in [0.1, 0.15) is 11.2 Å². The fourth-order valence-corrected chi connectivity index (χ4v) is 7.77. The quantitative estimate of drug-likeness (QED) is 0.187. The molecule has 1 aromatic heterocycles. The van der Waals surface area contributed by atoms with Crippen LogP contribution >= 0.6 is 0 Å². The summed E-state index contributed by atoms with van der Waals surface area (Å²) in [6, 6.07) is 67.5. The highest BCUT2D eigenvalue weighted by atomic mass is 16.3. The van der Waals surface area contributed by atoms with Crippen molar-refractivity contribution in [1.29, 1.82) is 0 Å². The van der Waals surface area contributed by atoms with Crippen molar-refractivity contribution in [2.75, 3.05) is 4.90 Å². The number of benzene rings is 9. The average molecular weight is 638 g/mol. The third-order valence-corrected chi connectivity index (χ3v) is 10.0. The van der Waals surface area contributed by atoms with Crippen molar-refractivity contribution in [1.82, 2.24) is 0 Å². The molecule has 0 spiro atoms. The summed E-state index contributed by atoms with van der Waals surface area (Å²) in [6.45, 7) is 0. The summed E-state index contributed by atoms with van der Waals surface area (Å²) in [6.07, 6.45) is 0. The number of nitrogens with zero attached hydrogens (tertiary/aromatic N) is 1. The third kappa shape index (κ3) is 4.50. The molecule has 2 nitrogen and oxygen atoms in total. The Morgan fingerprint density at radius 1 is 0.360 bits per heavy atom. The maximum absolute atomic E-state index is 6.81. The summed E-state index contributed by atoms with van der Waals surface area (Å²) in [5.41, 5.74) is 9.84. The van der Waals surface area contributed by atoms with Gasteiger partial charge in [0.2, 0.25) is 0 Å². The number of hydrogen-bond acceptors (Lipinski definition) is 2. The van der Waals surface area contributed by atoms with Crippen LogP contribution in [0.25, 0.3) is 76.5 Å². The fourth-order valence-electron chi connectivity index (χ4n) is 7.77. The molecule has 234 valence electrons. The van der Waals surface area contributed by atoms with E-state index in [1.54, 1.807) is 0 Å². The molecular formula is C48H31NO. The number of furan rings is 1. The zero-order valence-corrected chi connectivity index (χ0v) is 27.3. The van der Waals surface area contributed by atoms with Crippen LogP contribution in [0.2, 0.25) is 0 Å². The molecule has 0 amide bonds. The summed E-state index contributed by atoms with van der Waals surface area (Å²) in [4.78, 5) is 2.44. The molecule has 2 heteroatoms. The number of rotatable bonds is 5. The number of fused-ring (bicyclic) bond motifs is 7. The average Bonchev–Trinajstić information content (AvgIpc) is 3.58. The minimum absolute atomic E-state index is 0.885. The Bertz CT molecular complexity index is 2870. The van der Waals surface area contributed by atoms with E-state index >= 15 is 0 Å². The van der Waals surface area contributed by atoms with Crippen molar-refractivity contribution >= 4 is 71.3 Å². The first kappa shape index (κ1) is 28.4. The van der Waals surface area contributed by atoms with Crippen LogP contribution in [-0.4, -0.2) is 0 Å². The predicted molar refractivity (Wildman–Crippen MR) is 212 cm³/mol. The first-order chi connectivity index (χ1) is 24.8. The zero-order chi connectivity index (χ0) is 33.0. The van der Waals surface area contributed by atoms with E-state index in [9.17, 15) is 0 Å². The molecule has 50 heavy (non-hydrogen) atoms. The Kier molecular flexibility index (Phi) is 6.53. The second-order valence-electron chi connectivity index (χ2n) is 12.9. The molecule has 10 rings (SSSR count). The van der Waals surface area contributed by atoms with Gasteiger partial charge in [-0.25, -0.2) is 0 Å². The molecule has 0 saturated heterocycles. The van der Waals surface area contributed by atoms with E-state index < -0.39 is 0 Å². The molecule has 0 aliphatic heterocycles. The van der Waals surface area contributed by atoms with Crippen molar-refractivity contribution < 1.29 is 4.42 Å². The van der Waals surface area contributed by atoms with Gasteiger partial charge in [0.05, 0.1) is 11.4 Å². The molecule has 0 radical (unpaired) electrons. The smallest absolute Gasteiger partial charge is 0.143 e. The largest absolute Gasteiger partial charge is 0.455 e. The van der Waals surface area contributed by atoms with Crippen LogP contribution in [0, 0.1) is 0 Å². The molecule has 10 aromatic rings. The number of hydrogen-bond donors (Lipinski definition) is 0. The van der Waals surface area contributed by atoms with Gasteiger partial charge in [-0.15, -0.1) is 0 Å². The van der Waals surface area contributed by atoms with Gasteiger partial charge in [-0.1, -0.05) is 158 Å². The van der Waals surface area contributed by atoms with Gasteiger partial charge in [0.25, 0.3) is 0 Å². The summed E-state index contributed by atoms with van der Waals surface area (Å²) in [7, 11) is 0. The molecule has 0 bridgehead atoms. The van der Waals surface area contributed by atoms with Gasteiger partial charge in [0, 0.05) is 32.6 Å². The molecule has 9 aromatic carbocycles. The van der Waals surface area contributed by atoms with Gasteiger partial charge < -0.3 is 9.32 Å². The first-order valence-electron chi connectivity index (χ1n) is 17.1. The van der Waals surface area contributed by atoms with Gasteiger partial charge in [-0.05, 0) is 68.7 Å². The van der Waals surface area contributed by atoms with Crippen LogP contribution in [0.3, 0.4) is 0 Å². The van der Waals surface area contributed by atoms with Crippen molar-refractivity contribution in [3.05, 3.63) is 188 Å². The van der Waals surface area contributed by atoms with Gasteiger partial charge in [0.15, 0.2) is 0 Å². The highest BCUT2D eigenvalue weighted by molar-refractivity contribution is 6.24. The lowest BCUT2D eigenvalue weighted by molar-refractivity contribution is 0.673. The normalized spacial score (nSPS) is 11.6. The summed E-state index contributed by atoms with van der Waals surface area (Å²) >= 11 is 0. The van der Waals surface area contributed by atoms with Crippen LogP contribution in [0.15, 0.2) is 192 Å². The Hall–Kier alpha value is -6.64. The topological polar surface area (TPSA) is 16.4 Å². The highest BCUT2D eigenvalue weighted by Gasteiger charge is 2.23. The molecule has 1 heterocycles. The third-order valence-electron chi connectivity index (χ3n) is 10.0. The Labute approximate surface area is 290 Å². The minimum Gasteiger partial charge on any atom is -0.455 e. The highest BCUT2D eigenvalue weighted by Crippen LogP contribution is 2.48. The molecule has 0 unspecified atom stereocenters. The Balaban J connectivity index is 1.32. The summed E-state index contributed by atoms with van der Waals surface area (Å²) in [5.74, 6) is 0. The van der Waals surface area contributed by atoms with E-state index in [0.717, 1.165) is 49.8 Å². The Morgan fingerprint density at radius 2 is 0.960 bits per heavy atom. The zero-order valence-electron chi connectivity index (χ0n) is 27.3. The van der Waals surface area contributed by atoms with E-state index in [1.807, 2.05) is 0 Å². The van der Waals surface area contributed by atoms with E-state index in [0.29, 0.717) is 0 Å². The Morgan fingerprint density at radius 3 is 1.80 bits per heavy atom. The summed E-state index contributed by atoms with van der Waals surface area (Å²) < 4.78 is 6.81. The lowest BCUT2D eigenvalue weighted by Crippen LogP contribution is -2.11. The lowest BCUT2D eigenvalue weighted by Gasteiger charge is -2.29. The molecular weight excluding hydrogens is 607 g/mol. The minimum atomic E-state index is 0.885. The summed E-state index contributed by atoms with van der Waals surface area (Å²) in [5, 5.41) is 9.29. The van der Waals surface area contributed by atoms with Crippen LogP contribution in [-0.2, 0) is 0 Å². The lowest BCUT2D eigenvalue weighted by atomic mass is 9.93. The van der Waals surface area contributed by atoms with Crippen LogP contribution in [0.1, 0.15) is 0 Å². The number of anilines is 3. The fraction of sp³-hybridized carbons (Fsp3) is 0. The van der Waals surface area contributed by atoms with E-state index in [2.05, 4.69) is 193 Å². The van der Waals surface area contributed by atoms with Crippen molar-refractivity contribution in [3.63, 3.8) is 0 Å². The van der Waals surface area contributed by atoms with Crippen molar-refractivity contribution in [2.24, 2.45) is 0 Å². The van der Waals surface area contributed by atoms with E-state index in [4.69, 9.17) is 4.42 Å². The van der Waals surface area contributed by atoms with Gasteiger partial charge in [-0.3, -0.25) is 0 Å². The molecule has 0 atom stereocenters. The standard InChI is InChI=1S/C48H31NO/c1-2-14-32(15-3-1)35-20-10-21-36(30-35)49(44-28-12-19-34-17-5-7-23-38(34)44)45-31-43-47-41(39-26-11-18-33-16-4-6-22-37(33)39)27-13-29-46(47)50-48(43)42-25-9-8-24-40(42)45/h1-31H. The molecule has 0 saturated carbocycles. The van der Waals surface area contributed by atoms with Crippen molar-refractivity contribution in [3.8, 4) is 22.3 Å². The SMILES string of the molecule is c1ccc(-c2cccc(N(c3cccc4ccccc34)c3cc4c(oc5cccc(-c6cccc7ccccc67)c54)c4ccccc34)c2)cc1. The van der Waals surface area contributed by atoms with Crippen LogP contribution in [0.5, 0.6) is 0 Å². The van der Waals surface area contributed by atoms with E-state index in [-0.39, 0.29) is 0 Å².